The number of hydrogen-bond acceptors (Lipinski definition) is 2. The molecule has 16 heavy (non-hydrogen) atoms. The molecular weight excluding hydrogens is 209 g/mol. The Kier molecular flexibility index (Phi) is 3.77. The summed E-state index contributed by atoms with van der Waals surface area (Å²) in [5.74, 6) is -0.499. The van der Waals surface area contributed by atoms with Gasteiger partial charge in [0, 0.05) is 12.0 Å². The molecule has 1 aromatic carbocycles. The summed E-state index contributed by atoms with van der Waals surface area (Å²) in [6.45, 7) is 5.24. The standard InChI is InChI=1S/C12H14FNO2/c1-8(2)12(14(15)16)7-10-4-5-11(13)6-9(10)3/h4-8H,1-3H3/b12-7-. The summed E-state index contributed by atoms with van der Waals surface area (Å²) in [7, 11) is 0. The Hall–Kier alpha value is -1.71. The molecule has 1 aromatic rings. The summed E-state index contributed by atoms with van der Waals surface area (Å²) in [5, 5.41) is 10.8. The zero-order valence-electron chi connectivity index (χ0n) is 9.53. The van der Waals surface area contributed by atoms with Crippen molar-refractivity contribution in [3.8, 4) is 0 Å². The van der Waals surface area contributed by atoms with E-state index in [4.69, 9.17) is 0 Å². The number of rotatable bonds is 3. The second-order valence-corrected chi connectivity index (χ2v) is 3.98. The Morgan fingerprint density at radius 2 is 2.12 bits per heavy atom. The smallest absolute Gasteiger partial charge is 0.249 e. The fraction of sp³-hybridized carbons (Fsp3) is 0.333. The maximum atomic E-state index is 12.8. The highest BCUT2D eigenvalue weighted by Crippen LogP contribution is 2.18. The Labute approximate surface area is 93.7 Å². The number of benzene rings is 1. The van der Waals surface area contributed by atoms with Gasteiger partial charge >= 0.3 is 0 Å². The van der Waals surface area contributed by atoms with Gasteiger partial charge in [0.05, 0.1) is 4.92 Å². The lowest BCUT2D eigenvalue weighted by atomic mass is 10.0. The van der Waals surface area contributed by atoms with E-state index < -0.39 is 4.92 Å². The van der Waals surface area contributed by atoms with E-state index in [0.29, 0.717) is 11.1 Å². The molecule has 0 amide bonds. The molecular formula is C12H14FNO2. The minimum Gasteiger partial charge on any atom is -0.259 e. The van der Waals surface area contributed by atoms with E-state index in [2.05, 4.69) is 0 Å². The highest BCUT2D eigenvalue weighted by molar-refractivity contribution is 5.55. The zero-order chi connectivity index (χ0) is 12.3. The van der Waals surface area contributed by atoms with Crippen molar-refractivity contribution in [2.24, 2.45) is 5.92 Å². The number of nitro groups is 1. The monoisotopic (exact) mass is 223 g/mol. The second-order valence-electron chi connectivity index (χ2n) is 3.98. The van der Waals surface area contributed by atoms with Crippen LogP contribution in [0.15, 0.2) is 23.9 Å². The van der Waals surface area contributed by atoms with Crippen LogP contribution >= 0.6 is 0 Å². The molecule has 0 N–H and O–H groups in total. The van der Waals surface area contributed by atoms with Gasteiger partial charge in [-0.1, -0.05) is 19.9 Å². The number of nitrogens with zero attached hydrogens (tertiary/aromatic N) is 1. The average Bonchev–Trinajstić information content (AvgIpc) is 2.15. The van der Waals surface area contributed by atoms with Gasteiger partial charge in [0.1, 0.15) is 5.82 Å². The highest BCUT2D eigenvalue weighted by atomic mass is 19.1. The van der Waals surface area contributed by atoms with Gasteiger partial charge in [-0.15, -0.1) is 0 Å². The minimum atomic E-state index is -0.395. The Bertz CT molecular complexity index is 439. The van der Waals surface area contributed by atoms with E-state index in [-0.39, 0.29) is 17.4 Å². The van der Waals surface area contributed by atoms with Crippen LogP contribution in [0.4, 0.5) is 4.39 Å². The van der Waals surface area contributed by atoms with Crippen LogP contribution in [0.1, 0.15) is 25.0 Å². The number of hydrogen-bond donors (Lipinski definition) is 0. The molecule has 0 bridgehead atoms. The lowest BCUT2D eigenvalue weighted by Crippen LogP contribution is -2.05. The maximum Gasteiger partial charge on any atom is 0.249 e. The van der Waals surface area contributed by atoms with E-state index in [0.717, 1.165) is 0 Å². The SMILES string of the molecule is Cc1cc(F)ccc1/C=C(/C(C)C)[N+](=O)[O-]. The van der Waals surface area contributed by atoms with Crippen molar-refractivity contribution in [1.82, 2.24) is 0 Å². The van der Waals surface area contributed by atoms with Crippen LogP contribution < -0.4 is 0 Å². The van der Waals surface area contributed by atoms with Crippen molar-refractivity contribution < 1.29 is 9.31 Å². The summed E-state index contributed by atoms with van der Waals surface area (Å²) in [6, 6.07) is 4.22. The zero-order valence-corrected chi connectivity index (χ0v) is 9.53. The van der Waals surface area contributed by atoms with Crippen molar-refractivity contribution in [2.75, 3.05) is 0 Å². The van der Waals surface area contributed by atoms with Crippen molar-refractivity contribution in [2.45, 2.75) is 20.8 Å². The Morgan fingerprint density at radius 1 is 1.50 bits per heavy atom. The first kappa shape index (κ1) is 12.4. The largest absolute Gasteiger partial charge is 0.259 e. The minimum absolute atomic E-state index is 0.134. The van der Waals surface area contributed by atoms with Crippen LogP contribution in [0.2, 0.25) is 0 Å². The van der Waals surface area contributed by atoms with Crippen molar-refractivity contribution in [3.63, 3.8) is 0 Å². The third kappa shape index (κ3) is 2.89. The second kappa shape index (κ2) is 4.88. The fourth-order valence-corrected chi connectivity index (χ4v) is 1.39. The molecule has 0 heterocycles. The summed E-state index contributed by atoms with van der Waals surface area (Å²) < 4.78 is 12.8. The predicted octanol–water partition coefficient (Wildman–Crippen LogP) is 3.41. The summed E-state index contributed by atoms with van der Waals surface area (Å²) in [6.07, 6.45) is 1.50. The van der Waals surface area contributed by atoms with E-state index >= 15 is 0 Å². The first-order valence-corrected chi connectivity index (χ1v) is 5.04. The quantitative estimate of drug-likeness (QED) is 0.582. The molecule has 3 nitrogen and oxygen atoms in total. The molecule has 86 valence electrons. The van der Waals surface area contributed by atoms with Crippen LogP contribution in [0, 0.1) is 28.8 Å². The number of aryl methyl sites for hydroxylation is 1. The molecule has 0 saturated carbocycles. The molecule has 0 spiro atoms. The van der Waals surface area contributed by atoms with Crippen molar-refractivity contribution >= 4 is 6.08 Å². The van der Waals surface area contributed by atoms with Gasteiger partial charge in [-0.05, 0) is 30.2 Å². The number of halogens is 1. The van der Waals surface area contributed by atoms with E-state index in [1.807, 2.05) is 0 Å². The fourth-order valence-electron chi connectivity index (χ4n) is 1.39. The van der Waals surface area contributed by atoms with Crippen molar-refractivity contribution in [1.29, 1.82) is 0 Å². The average molecular weight is 223 g/mol. The summed E-state index contributed by atoms with van der Waals surface area (Å²) >= 11 is 0. The van der Waals surface area contributed by atoms with Crippen LogP contribution in [0.3, 0.4) is 0 Å². The molecule has 0 saturated heterocycles. The van der Waals surface area contributed by atoms with Gasteiger partial charge < -0.3 is 0 Å². The molecule has 0 aromatic heterocycles. The molecule has 0 fully saturated rings. The van der Waals surface area contributed by atoms with Gasteiger partial charge in [-0.2, -0.15) is 0 Å². The van der Waals surface area contributed by atoms with Crippen LogP contribution in [-0.4, -0.2) is 4.92 Å². The van der Waals surface area contributed by atoms with Crippen LogP contribution in [-0.2, 0) is 0 Å². The summed E-state index contributed by atoms with van der Waals surface area (Å²) in [5.41, 5.74) is 1.51. The normalized spacial score (nSPS) is 11.9. The molecule has 0 aliphatic heterocycles. The first-order valence-electron chi connectivity index (χ1n) is 5.04. The van der Waals surface area contributed by atoms with Gasteiger partial charge in [0.15, 0.2) is 0 Å². The van der Waals surface area contributed by atoms with E-state index in [1.54, 1.807) is 26.8 Å². The topological polar surface area (TPSA) is 43.1 Å². The Morgan fingerprint density at radius 3 is 2.56 bits per heavy atom. The lowest BCUT2D eigenvalue weighted by molar-refractivity contribution is -0.431. The predicted molar refractivity (Wildman–Crippen MR) is 60.9 cm³/mol. The molecule has 0 aliphatic carbocycles. The van der Waals surface area contributed by atoms with Gasteiger partial charge in [-0.3, -0.25) is 10.1 Å². The molecule has 0 unspecified atom stereocenters. The van der Waals surface area contributed by atoms with Gasteiger partial charge in [0.25, 0.3) is 0 Å². The molecule has 0 atom stereocenters. The molecule has 0 radical (unpaired) electrons. The maximum absolute atomic E-state index is 12.8. The summed E-state index contributed by atoms with van der Waals surface area (Å²) in [4.78, 5) is 10.4. The van der Waals surface area contributed by atoms with Gasteiger partial charge in [0.2, 0.25) is 5.70 Å². The third-order valence-electron chi connectivity index (χ3n) is 2.34. The number of allylic oxidation sites excluding steroid dienone is 1. The van der Waals surface area contributed by atoms with E-state index in [9.17, 15) is 14.5 Å². The molecule has 1 rings (SSSR count). The third-order valence-corrected chi connectivity index (χ3v) is 2.34. The molecule has 0 aliphatic rings. The Balaban J connectivity index is 3.18. The van der Waals surface area contributed by atoms with Crippen molar-refractivity contribution in [3.05, 3.63) is 51.0 Å². The van der Waals surface area contributed by atoms with E-state index in [1.165, 1.54) is 18.2 Å². The lowest BCUT2D eigenvalue weighted by Gasteiger charge is -2.04. The molecule has 4 heteroatoms. The van der Waals surface area contributed by atoms with Gasteiger partial charge in [-0.25, -0.2) is 4.39 Å². The van der Waals surface area contributed by atoms with Crippen LogP contribution in [0.5, 0.6) is 0 Å². The van der Waals surface area contributed by atoms with Crippen LogP contribution in [0.25, 0.3) is 6.08 Å². The highest BCUT2D eigenvalue weighted by Gasteiger charge is 2.16. The first-order chi connectivity index (χ1) is 7.41.